The van der Waals surface area contributed by atoms with E-state index in [2.05, 4.69) is 4.98 Å². The van der Waals surface area contributed by atoms with Crippen LogP contribution in [0.5, 0.6) is 0 Å². The molecule has 1 unspecified atom stereocenters. The largest absolute Gasteiger partial charge is 0.378 e. The van der Waals surface area contributed by atoms with E-state index in [0.29, 0.717) is 25.5 Å². The van der Waals surface area contributed by atoms with Gasteiger partial charge in [0.2, 0.25) is 0 Å². The standard InChI is InChI=1S/C9H13ClN2O3S2/c1-6-5-15-4-3-12(6)17(13,14)8-7(2)11-9(10)16-8/h6H,3-5H2,1-2H3. The predicted octanol–water partition coefficient (Wildman–Crippen LogP) is 1.51. The molecule has 1 aromatic rings. The monoisotopic (exact) mass is 296 g/mol. The number of rotatable bonds is 2. The van der Waals surface area contributed by atoms with Gasteiger partial charge in [-0.15, -0.1) is 0 Å². The summed E-state index contributed by atoms with van der Waals surface area (Å²) in [5, 5.41) is 0. The quantitative estimate of drug-likeness (QED) is 0.830. The lowest BCUT2D eigenvalue weighted by Crippen LogP contribution is -2.46. The van der Waals surface area contributed by atoms with Crippen LogP contribution >= 0.6 is 22.9 Å². The maximum atomic E-state index is 12.4. The fourth-order valence-electron chi connectivity index (χ4n) is 1.77. The second-order valence-corrected chi connectivity index (χ2v) is 7.55. The maximum absolute atomic E-state index is 12.4. The van der Waals surface area contributed by atoms with E-state index in [4.69, 9.17) is 16.3 Å². The molecule has 1 fully saturated rings. The van der Waals surface area contributed by atoms with Crippen LogP contribution in [0, 0.1) is 6.92 Å². The highest BCUT2D eigenvalue weighted by Gasteiger charge is 2.34. The molecule has 1 atom stereocenters. The normalized spacial score (nSPS) is 22.9. The number of aryl methyl sites for hydroxylation is 1. The summed E-state index contributed by atoms with van der Waals surface area (Å²) in [6.45, 7) is 4.70. The van der Waals surface area contributed by atoms with E-state index in [1.54, 1.807) is 6.92 Å². The number of halogens is 1. The van der Waals surface area contributed by atoms with Crippen LogP contribution in [0.25, 0.3) is 0 Å². The van der Waals surface area contributed by atoms with Gasteiger partial charge in [0, 0.05) is 12.6 Å². The molecule has 2 heterocycles. The highest BCUT2D eigenvalue weighted by molar-refractivity contribution is 7.91. The Labute approximate surface area is 109 Å². The van der Waals surface area contributed by atoms with Crippen LogP contribution in [-0.2, 0) is 14.8 Å². The zero-order chi connectivity index (χ0) is 12.6. The lowest BCUT2D eigenvalue weighted by atomic mass is 10.3. The van der Waals surface area contributed by atoms with E-state index >= 15 is 0 Å². The van der Waals surface area contributed by atoms with Crippen LogP contribution in [-0.4, -0.2) is 43.5 Å². The molecule has 0 spiro atoms. The molecule has 1 aliphatic heterocycles. The van der Waals surface area contributed by atoms with Gasteiger partial charge in [-0.2, -0.15) is 4.31 Å². The molecule has 0 amide bonds. The number of morpholine rings is 1. The van der Waals surface area contributed by atoms with Crippen molar-refractivity contribution in [3.8, 4) is 0 Å². The van der Waals surface area contributed by atoms with Gasteiger partial charge in [0.1, 0.15) is 0 Å². The van der Waals surface area contributed by atoms with Gasteiger partial charge in [-0.1, -0.05) is 22.9 Å². The summed E-state index contributed by atoms with van der Waals surface area (Å²) in [5.41, 5.74) is 0.457. The highest BCUT2D eigenvalue weighted by atomic mass is 35.5. The van der Waals surface area contributed by atoms with Crippen LogP contribution in [0.1, 0.15) is 12.6 Å². The Hall–Kier alpha value is -0.210. The summed E-state index contributed by atoms with van der Waals surface area (Å²) in [7, 11) is -3.50. The molecule has 0 aliphatic carbocycles. The number of sulfonamides is 1. The second kappa shape index (κ2) is 4.81. The number of hydrogen-bond acceptors (Lipinski definition) is 5. The first-order valence-corrected chi connectivity index (χ1v) is 7.79. The second-order valence-electron chi connectivity index (χ2n) is 3.88. The van der Waals surface area contributed by atoms with E-state index in [-0.39, 0.29) is 14.7 Å². The molecule has 1 saturated heterocycles. The van der Waals surface area contributed by atoms with Crippen molar-refractivity contribution in [1.82, 2.24) is 9.29 Å². The average Bonchev–Trinajstić information content (AvgIpc) is 2.59. The number of thiazole rings is 1. The molecule has 8 heteroatoms. The Morgan fingerprint density at radius 1 is 1.59 bits per heavy atom. The van der Waals surface area contributed by atoms with Gasteiger partial charge in [0.25, 0.3) is 10.0 Å². The number of aromatic nitrogens is 1. The van der Waals surface area contributed by atoms with Crippen molar-refractivity contribution in [3.05, 3.63) is 10.2 Å². The number of ether oxygens (including phenoxy) is 1. The minimum Gasteiger partial charge on any atom is -0.378 e. The van der Waals surface area contributed by atoms with Gasteiger partial charge < -0.3 is 4.74 Å². The molecule has 17 heavy (non-hydrogen) atoms. The van der Waals surface area contributed by atoms with Gasteiger partial charge in [0.05, 0.1) is 18.9 Å². The van der Waals surface area contributed by atoms with Crippen LogP contribution < -0.4 is 0 Å². The van der Waals surface area contributed by atoms with E-state index in [1.807, 2.05) is 6.92 Å². The summed E-state index contributed by atoms with van der Waals surface area (Å²) in [6.07, 6.45) is 0. The molecule has 1 aromatic heterocycles. The molecule has 0 bridgehead atoms. The molecule has 0 aromatic carbocycles. The molecular weight excluding hydrogens is 284 g/mol. The molecule has 0 N–H and O–H groups in total. The Morgan fingerprint density at radius 2 is 2.29 bits per heavy atom. The lowest BCUT2D eigenvalue weighted by molar-refractivity contribution is 0.0393. The molecular formula is C9H13ClN2O3S2. The predicted molar refractivity (Wildman–Crippen MR) is 66.0 cm³/mol. The van der Waals surface area contributed by atoms with Crippen molar-refractivity contribution in [3.63, 3.8) is 0 Å². The molecule has 5 nitrogen and oxygen atoms in total. The van der Waals surface area contributed by atoms with Crippen LogP contribution in [0.2, 0.25) is 4.47 Å². The summed E-state index contributed by atoms with van der Waals surface area (Å²) < 4.78 is 32.0. The minimum absolute atomic E-state index is 0.158. The van der Waals surface area contributed by atoms with Crippen molar-refractivity contribution < 1.29 is 13.2 Å². The van der Waals surface area contributed by atoms with Crippen LogP contribution in [0.4, 0.5) is 0 Å². The third-order valence-corrected chi connectivity index (χ3v) is 6.44. The zero-order valence-corrected chi connectivity index (χ0v) is 11.9. The van der Waals surface area contributed by atoms with E-state index in [1.165, 1.54) is 4.31 Å². The third-order valence-electron chi connectivity index (χ3n) is 2.58. The first-order chi connectivity index (χ1) is 7.93. The van der Waals surface area contributed by atoms with E-state index < -0.39 is 10.0 Å². The maximum Gasteiger partial charge on any atom is 0.254 e. The topological polar surface area (TPSA) is 59.5 Å². The molecule has 2 rings (SSSR count). The van der Waals surface area contributed by atoms with Crippen molar-refractivity contribution >= 4 is 33.0 Å². The third kappa shape index (κ3) is 2.48. The van der Waals surface area contributed by atoms with Crippen LogP contribution in [0.3, 0.4) is 0 Å². The summed E-state index contributed by atoms with van der Waals surface area (Å²) in [5.74, 6) is 0. The summed E-state index contributed by atoms with van der Waals surface area (Å²) in [6, 6.07) is -0.158. The molecule has 1 aliphatic rings. The number of hydrogen-bond donors (Lipinski definition) is 0. The smallest absolute Gasteiger partial charge is 0.254 e. The molecule has 0 saturated carbocycles. The summed E-state index contributed by atoms with van der Waals surface area (Å²) >= 11 is 6.75. The van der Waals surface area contributed by atoms with Gasteiger partial charge in [-0.05, 0) is 13.8 Å². The number of nitrogens with zero attached hydrogens (tertiary/aromatic N) is 2. The Balaban J connectivity index is 2.39. The van der Waals surface area contributed by atoms with Gasteiger partial charge >= 0.3 is 0 Å². The Morgan fingerprint density at radius 3 is 2.82 bits per heavy atom. The van der Waals surface area contributed by atoms with Crippen molar-refractivity contribution in [2.75, 3.05) is 19.8 Å². The Bertz CT molecular complexity index is 514. The van der Waals surface area contributed by atoms with E-state index in [0.717, 1.165) is 11.3 Å². The lowest BCUT2D eigenvalue weighted by Gasteiger charge is -2.31. The SMILES string of the molecule is Cc1nc(Cl)sc1S(=O)(=O)N1CCOCC1C. The first-order valence-electron chi connectivity index (χ1n) is 5.15. The van der Waals surface area contributed by atoms with Gasteiger partial charge in [0.15, 0.2) is 8.68 Å². The Kier molecular flexibility index (Phi) is 3.74. The highest BCUT2D eigenvalue weighted by Crippen LogP contribution is 2.30. The van der Waals surface area contributed by atoms with Gasteiger partial charge in [-0.3, -0.25) is 0 Å². The molecule has 96 valence electrons. The van der Waals surface area contributed by atoms with Crippen molar-refractivity contribution in [2.45, 2.75) is 24.1 Å². The fraction of sp³-hybridized carbons (Fsp3) is 0.667. The zero-order valence-electron chi connectivity index (χ0n) is 9.51. The average molecular weight is 297 g/mol. The first kappa shape index (κ1) is 13.2. The van der Waals surface area contributed by atoms with Crippen LogP contribution in [0.15, 0.2) is 4.21 Å². The van der Waals surface area contributed by atoms with Gasteiger partial charge in [-0.25, -0.2) is 13.4 Å². The minimum atomic E-state index is -3.50. The van der Waals surface area contributed by atoms with Crippen molar-refractivity contribution in [2.24, 2.45) is 0 Å². The van der Waals surface area contributed by atoms with Crippen molar-refractivity contribution in [1.29, 1.82) is 0 Å². The van der Waals surface area contributed by atoms with E-state index in [9.17, 15) is 8.42 Å². The molecule has 0 radical (unpaired) electrons. The summed E-state index contributed by atoms with van der Waals surface area (Å²) in [4.78, 5) is 3.94. The fourth-order valence-corrected chi connectivity index (χ4v) is 5.22.